The van der Waals surface area contributed by atoms with Crippen LogP contribution >= 0.6 is 28.1 Å². The summed E-state index contributed by atoms with van der Waals surface area (Å²) in [5.74, 6) is -1.88. The molecule has 0 atom stereocenters. The molecule has 2 rings (SSSR count). The van der Waals surface area contributed by atoms with Gasteiger partial charge >= 0.3 is 0 Å². The standard InChI is InChI=1S/C17H16BrNO5S/c1-8(10-5-11(18)16(23)14(22)6-10)2-15(25)19-7-9-3-12(20)17(24)13(21)4-9/h2-6,20-24H,7H2,1H3,(H,19,25). The molecular formula is C17H16BrNO5S. The molecule has 0 heterocycles. The SMILES string of the molecule is CC(=CC(=S)NCc1cc(O)c(O)c(O)c1)c1cc(O)c(O)c(Br)c1. The van der Waals surface area contributed by atoms with E-state index in [9.17, 15) is 25.5 Å². The summed E-state index contributed by atoms with van der Waals surface area (Å²) in [6.45, 7) is 2.03. The van der Waals surface area contributed by atoms with Gasteiger partial charge in [0, 0.05) is 6.54 Å². The topological polar surface area (TPSA) is 113 Å². The Morgan fingerprint density at radius 2 is 1.56 bits per heavy atom. The second-order valence-corrected chi connectivity index (χ2v) is 6.65. The van der Waals surface area contributed by atoms with E-state index in [1.165, 1.54) is 18.2 Å². The Morgan fingerprint density at radius 3 is 2.12 bits per heavy atom. The Kier molecular flexibility index (Phi) is 5.76. The lowest BCUT2D eigenvalue weighted by molar-refractivity contribution is 0.367. The fourth-order valence-corrected chi connectivity index (χ4v) is 2.79. The van der Waals surface area contributed by atoms with Gasteiger partial charge in [0.25, 0.3) is 0 Å². The summed E-state index contributed by atoms with van der Waals surface area (Å²) < 4.78 is 0.365. The van der Waals surface area contributed by atoms with Gasteiger partial charge in [0.2, 0.25) is 0 Å². The highest BCUT2D eigenvalue weighted by atomic mass is 79.9. The molecule has 0 aromatic heterocycles. The van der Waals surface area contributed by atoms with Crippen molar-refractivity contribution >= 4 is 38.7 Å². The normalized spacial score (nSPS) is 11.4. The summed E-state index contributed by atoms with van der Waals surface area (Å²) >= 11 is 8.39. The number of hydrogen-bond acceptors (Lipinski definition) is 6. The van der Waals surface area contributed by atoms with Crippen molar-refractivity contribution < 1.29 is 25.5 Å². The number of thiocarbonyl (C=S) groups is 1. The van der Waals surface area contributed by atoms with Crippen molar-refractivity contribution in [1.29, 1.82) is 0 Å². The number of hydrogen-bond donors (Lipinski definition) is 6. The third-order valence-electron chi connectivity index (χ3n) is 3.44. The molecule has 0 radical (unpaired) electrons. The molecule has 0 amide bonds. The fourth-order valence-electron chi connectivity index (χ4n) is 2.10. The molecule has 25 heavy (non-hydrogen) atoms. The van der Waals surface area contributed by atoms with Crippen LogP contribution in [0.5, 0.6) is 28.7 Å². The van der Waals surface area contributed by atoms with Crippen LogP contribution in [0, 0.1) is 0 Å². The molecule has 0 saturated heterocycles. The zero-order valence-electron chi connectivity index (χ0n) is 13.1. The molecule has 0 unspecified atom stereocenters. The van der Waals surface area contributed by atoms with Gasteiger partial charge in [0.05, 0.1) is 9.46 Å². The predicted octanol–water partition coefficient (Wildman–Crippen LogP) is 3.50. The molecule has 8 heteroatoms. The lowest BCUT2D eigenvalue weighted by atomic mass is 10.1. The number of halogens is 1. The first kappa shape index (κ1) is 18.9. The van der Waals surface area contributed by atoms with Crippen molar-refractivity contribution in [2.45, 2.75) is 13.5 Å². The van der Waals surface area contributed by atoms with Gasteiger partial charge in [-0.1, -0.05) is 12.2 Å². The van der Waals surface area contributed by atoms with Crippen LogP contribution in [-0.2, 0) is 6.54 Å². The van der Waals surface area contributed by atoms with Crippen molar-refractivity contribution in [3.05, 3.63) is 45.9 Å². The minimum absolute atomic E-state index is 0.231. The van der Waals surface area contributed by atoms with Crippen LogP contribution in [0.2, 0.25) is 0 Å². The zero-order valence-corrected chi connectivity index (χ0v) is 15.5. The van der Waals surface area contributed by atoms with Gasteiger partial charge in [-0.2, -0.15) is 0 Å². The lowest BCUT2D eigenvalue weighted by Crippen LogP contribution is -2.18. The zero-order chi connectivity index (χ0) is 18.7. The van der Waals surface area contributed by atoms with E-state index >= 15 is 0 Å². The van der Waals surface area contributed by atoms with Crippen molar-refractivity contribution in [2.24, 2.45) is 0 Å². The molecule has 2 aromatic rings. The van der Waals surface area contributed by atoms with Crippen molar-refractivity contribution in [3.63, 3.8) is 0 Å². The van der Waals surface area contributed by atoms with Crippen molar-refractivity contribution in [2.75, 3.05) is 0 Å². The van der Waals surface area contributed by atoms with Crippen LogP contribution in [0.25, 0.3) is 5.57 Å². The summed E-state index contributed by atoms with van der Waals surface area (Å²) in [7, 11) is 0. The summed E-state index contributed by atoms with van der Waals surface area (Å²) in [5, 5.41) is 50.5. The van der Waals surface area contributed by atoms with Gasteiger partial charge < -0.3 is 30.8 Å². The number of phenolic OH excluding ortho intramolecular Hbond substituents is 5. The molecule has 6 N–H and O–H groups in total. The van der Waals surface area contributed by atoms with Crippen LogP contribution in [0.3, 0.4) is 0 Å². The van der Waals surface area contributed by atoms with Gasteiger partial charge in [-0.05, 0) is 69.9 Å². The molecule has 0 fully saturated rings. The van der Waals surface area contributed by atoms with Gasteiger partial charge in [-0.3, -0.25) is 0 Å². The van der Waals surface area contributed by atoms with Crippen LogP contribution in [0.1, 0.15) is 18.1 Å². The average Bonchev–Trinajstić information content (AvgIpc) is 2.54. The van der Waals surface area contributed by atoms with Crippen LogP contribution < -0.4 is 5.32 Å². The van der Waals surface area contributed by atoms with Crippen molar-refractivity contribution in [1.82, 2.24) is 5.32 Å². The number of phenols is 5. The highest BCUT2D eigenvalue weighted by Crippen LogP contribution is 2.36. The predicted molar refractivity (Wildman–Crippen MR) is 102 cm³/mol. The van der Waals surface area contributed by atoms with E-state index in [-0.39, 0.29) is 18.0 Å². The Bertz CT molecular complexity index is 820. The van der Waals surface area contributed by atoms with E-state index in [0.717, 1.165) is 5.57 Å². The first-order valence-electron chi connectivity index (χ1n) is 7.10. The number of benzene rings is 2. The highest BCUT2D eigenvalue weighted by Gasteiger charge is 2.10. The Hall–Kier alpha value is -2.45. The largest absolute Gasteiger partial charge is 0.504 e. The van der Waals surface area contributed by atoms with Gasteiger partial charge in [-0.25, -0.2) is 0 Å². The monoisotopic (exact) mass is 425 g/mol. The summed E-state index contributed by atoms with van der Waals surface area (Å²) in [6.07, 6.45) is 1.67. The van der Waals surface area contributed by atoms with E-state index in [1.54, 1.807) is 19.1 Å². The Balaban J connectivity index is 2.10. The number of allylic oxidation sites excluding steroid dienone is 1. The molecule has 0 bridgehead atoms. The summed E-state index contributed by atoms with van der Waals surface area (Å²) in [5.41, 5.74) is 1.96. The lowest BCUT2D eigenvalue weighted by Gasteiger charge is -2.10. The minimum atomic E-state index is -0.570. The fraction of sp³-hybridized carbons (Fsp3) is 0.118. The third kappa shape index (κ3) is 4.55. The maximum atomic E-state index is 9.67. The molecule has 2 aromatic carbocycles. The molecule has 0 spiro atoms. The molecule has 0 aliphatic carbocycles. The summed E-state index contributed by atoms with van der Waals surface area (Å²) in [4.78, 5) is 0.397. The first-order chi connectivity index (χ1) is 11.7. The van der Waals surface area contributed by atoms with Crippen LogP contribution in [0.4, 0.5) is 0 Å². The molecule has 6 nitrogen and oxygen atoms in total. The number of rotatable bonds is 4. The first-order valence-corrected chi connectivity index (χ1v) is 8.31. The Morgan fingerprint density at radius 1 is 1.00 bits per heavy atom. The average molecular weight is 426 g/mol. The van der Waals surface area contributed by atoms with Gasteiger partial charge in [0.15, 0.2) is 28.7 Å². The maximum Gasteiger partial charge on any atom is 0.200 e. The van der Waals surface area contributed by atoms with E-state index < -0.39 is 17.2 Å². The maximum absolute atomic E-state index is 9.67. The van der Waals surface area contributed by atoms with Gasteiger partial charge in [-0.15, -0.1) is 0 Å². The van der Waals surface area contributed by atoms with Gasteiger partial charge in [0.1, 0.15) is 0 Å². The van der Waals surface area contributed by atoms with E-state index in [2.05, 4.69) is 21.2 Å². The Labute approximate surface area is 157 Å². The molecule has 0 aliphatic rings. The van der Waals surface area contributed by atoms with Crippen LogP contribution in [-0.4, -0.2) is 30.5 Å². The van der Waals surface area contributed by atoms with E-state index in [0.29, 0.717) is 20.6 Å². The second kappa shape index (κ2) is 7.62. The van der Waals surface area contributed by atoms with Crippen LogP contribution in [0.15, 0.2) is 34.8 Å². The highest BCUT2D eigenvalue weighted by molar-refractivity contribution is 9.10. The van der Waals surface area contributed by atoms with E-state index in [1.807, 2.05) is 0 Å². The second-order valence-electron chi connectivity index (χ2n) is 5.35. The molecule has 132 valence electrons. The minimum Gasteiger partial charge on any atom is -0.504 e. The molecule has 0 aliphatic heterocycles. The number of aromatic hydroxyl groups is 5. The third-order valence-corrected chi connectivity index (χ3v) is 4.31. The molecule has 0 saturated carbocycles. The van der Waals surface area contributed by atoms with Crippen molar-refractivity contribution in [3.8, 4) is 28.7 Å². The van der Waals surface area contributed by atoms with E-state index in [4.69, 9.17) is 12.2 Å². The number of nitrogens with one attached hydrogen (secondary N) is 1. The summed E-state index contributed by atoms with van der Waals surface area (Å²) in [6, 6.07) is 5.71. The quantitative estimate of drug-likeness (QED) is 0.252. The smallest absolute Gasteiger partial charge is 0.200 e. The molecular weight excluding hydrogens is 410 g/mol.